The van der Waals surface area contributed by atoms with Crippen LogP contribution in [0.3, 0.4) is 0 Å². The van der Waals surface area contributed by atoms with Gasteiger partial charge < -0.3 is 39.4 Å². The number of rotatable bonds is 17. The van der Waals surface area contributed by atoms with Crippen molar-refractivity contribution in [2.24, 2.45) is 5.10 Å². The number of halogens is 2. The van der Waals surface area contributed by atoms with Crippen LogP contribution >= 0.6 is 23.2 Å². The number of aliphatic hydroxyl groups excluding tert-OH is 1. The van der Waals surface area contributed by atoms with E-state index in [0.717, 1.165) is 11.1 Å². The lowest BCUT2D eigenvalue weighted by atomic mass is 9.95. The number of urea groups is 1. The van der Waals surface area contributed by atoms with Gasteiger partial charge in [0.15, 0.2) is 29.2 Å². The van der Waals surface area contributed by atoms with Crippen LogP contribution in [0.2, 0.25) is 10.0 Å². The van der Waals surface area contributed by atoms with Gasteiger partial charge in [0.05, 0.1) is 38.2 Å². The number of carbonyl (C=O) groups excluding carboxylic acids is 2. The third-order valence-corrected chi connectivity index (χ3v) is 7.90. The number of nitrogens with zero attached hydrogens (tertiary/aromatic N) is 1. The Morgan fingerprint density at radius 2 is 1.78 bits per heavy atom. The van der Waals surface area contributed by atoms with Crippen molar-refractivity contribution in [2.75, 3.05) is 26.9 Å². The van der Waals surface area contributed by atoms with Gasteiger partial charge in [0.25, 0.3) is 0 Å². The molecule has 4 rings (SSSR count). The van der Waals surface area contributed by atoms with E-state index in [1.807, 2.05) is 26.0 Å². The summed E-state index contributed by atoms with van der Waals surface area (Å²) >= 11 is 12.4. The second kappa shape index (κ2) is 18.2. The van der Waals surface area contributed by atoms with Crippen molar-refractivity contribution in [1.82, 2.24) is 16.1 Å². The molecule has 2 atom stereocenters. The molecule has 3 aromatic carbocycles. The molecule has 2 amide bonds. The van der Waals surface area contributed by atoms with Crippen LogP contribution in [0.25, 0.3) is 0 Å². The number of hydrogen-bond donors (Lipinski definition) is 4. The van der Waals surface area contributed by atoms with Crippen LogP contribution in [0.4, 0.5) is 4.79 Å². The second-order valence-corrected chi connectivity index (χ2v) is 11.7. The Labute approximate surface area is 301 Å². The standard InChI is InChI=1S/C36H40Cl2N4O8/c1-6-9-24-14-22(15-30(48-8-3)34(24)50-19-25-10-12-26(37)17-27(25)38)18-39-42-31(43)20-49-28-13-11-23(16-29(28)47-7-2)33-32(35(44)46-5)21(4)40-36(45)41-33/h6,10-18,31,33,42-43H,1,7-9,19-20H2,2-5H3,(H2,40,41,45)/b39-18-/t31-,33+/m1/s1. The zero-order valence-electron chi connectivity index (χ0n) is 28.2. The molecule has 50 heavy (non-hydrogen) atoms. The van der Waals surface area contributed by atoms with Crippen LogP contribution in [-0.2, 0) is 22.6 Å². The number of amides is 2. The van der Waals surface area contributed by atoms with Gasteiger partial charge in [-0.05, 0) is 74.7 Å². The highest BCUT2D eigenvalue weighted by atomic mass is 35.5. The van der Waals surface area contributed by atoms with Crippen molar-refractivity contribution < 1.29 is 38.4 Å². The number of methoxy groups -OCH3 is 1. The van der Waals surface area contributed by atoms with Gasteiger partial charge in [0.1, 0.15) is 13.2 Å². The Kier molecular flexibility index (Phi) is 13.8. The lowest BCUT2D eigenvalue weighted by molar-refractivity contribution is -0.136. The van der Waals surface area contributed by atoms with Gasteiger partial charge in [-0.2, -0.15) is 5.10 Å². The molecule has 12 nitrogen and oxygen atoms in total. The van der Waals surface area contributed by atoms with E-state index in [0.29, 0.717) is 69.5 Å². The molecule has 1 heterocycles. The summed E-state index contributed by atoms with van der Waals surface area (Å²) < 4.78 is 28.6. The van der Waals surface area contributed by atoms with Gasteiger partial charge in [-0.1, -0.05) is 41.4 Å². The topological polar surface area (TPSA) is 149 Å². The molecule has 0 fully saturated rings. The van der Waals surface area contributed by atoms with Crippen molar-refractivity contribution >= 4 is 41.4 Å². The lowest BCUT2D eigenvalue weighted by Gasteiger charge is -2.28. The highest BCUT2D eigenvalue weighted by Crippen LogP contribution is 2.36. The molecule has 0 spiro atoms. The molecule has 4 N–H and O–H groups in total. The van der Waals surface area contributed by atoms with Gasteiger partial charge >= 0.3 is 12.0 Å². The molecule has 266 valence electrons. The Morgan fingerprint density at radius 3 is 2.48 bits per heavy atom. The number of hydrogen-bond acceptors (Lipinski definition) is 10. The highest BCUT2D eigenvalue weighted by Gasteiger charge is 2.32. The van der Waals surface area contributed by atoms with Crippen molar-refractivity contribution in [3.63, 3.8) is 0 Å². The molecular weight excluding hydrogens is 687 g/mol. The minimum atomic E-state index is -1.19. The average Bonchev–Trinajstić information content (AvgIpc) is 3.08. The summed E-state index contributed by atoms with van der Waals surface area (Å²) in [5.74, 6) is 1.19. The van der Waals surface area contributed by atoms with Gasteiger partial charge in [0, 0.05) is 26.9 Å². The van der Waals surface area contributed by atoms with E-state index >= 15 is 0 Å². The second-order valence-electron chi connectivity index (χ2n) is 10.9. The number of esters is 1. The number of aliphatic hydroxyl groups is 1. The molecule has 0 radical (unpaired) electrons. The predicted molar refractivity (Wildman–Crippen MR) is 191 cm³/mol. The molecule has 1 aliphatic rings. The summed E-state index contributed by atoms with van der Waals surface area (Å²) in [6.07, 6.45) is 2.61. The number of carbonyl (C=O) groups is 2. The Morgan fingerprint density at radius 1 is 1.02 bits per heavy atom. The first-order valence-corrected chi connectivity index (χ1v) is 16.5. The summed E-state index contributed by atoms with van der Waals surface area (Å²) in [5, 5.41) is 21.2. The first-order chi connectivity index (χ1) is 24.1. The Bertz CT molecular complexity index is 1760. The number of ether oxygens (including phenoxy) is 5. The van der Waals surface area contributed by atoms with Crippen molar-refractivity contribution in [2.45, 2.75) is 46.1 Å². The molecule has 0 unspecified atom stereocenters. The molecule has 0 bridgehead atoms. The summed E-state index contributed by atoms with van der Waals surface area (Å²) in [6, 6.07) is 12.7. The minimum Gasteiger partial charge on any atom is -0.490 e. The van der Waals surface area contributed by atoms with Gasteiger partial charge in [-0.25, -0.2) is 9.59 Å². The zero-order valence-corrected chi connectivity index (χ0v) is 29.7. The maximum absolute atomic E-state index is 12.5. The average molecular weight is 728 g/mol. The molecule has 0 saturated carbocycles. The van der Waals surface area contributed by atoms with E-state index in [4.69, 9.17) is 46.9 Å². The number of allylic oxidation sites excluding steroid dienone is 2. The van der Waals surface area contributed by atoms with E-state index in [9.17, 15) is 14.7 Å². The van der Waals surface area contributed by atoms with E-state index in [1.54, 1.807) is 55.6 Å². The van der Waals surface area contributed by atoms with Crippen molar-refractivity contribution in [1.29, 1.82) is 0 Å². The maximum Gasteiger partial charge on any atom is 0.337 e. The third kappa shape index (κ3) is 9.84. The van der Waals surface area contributed by atoms with Crippen LogP contribution in [-0.4, -0.2) is 56.5 Å². The predicted octanol–water partition coefficient (Wildman–Crippen LogP) is 6.22. The molecule has 0 saturated heterocycles. The van der Waals surface area contributed by atoms with Crippen LogP contribution in [0, 0.1) is 0 Å². The van der Waals surface area contributed by atoms with E-state index < -0.39 is 24.3 Å². The van der Waals surface area contributed by atoms with Crippen LogP contribution in [0.5, 0.6) is 23.0 Å². The number of benzene rings is 3. The minimum absolute atomic E-state index is 0.181. The first kappa shape index (κ1) is 37.9. The normalized spacial score (nSPS) is 14.8. The number of nitrogens with one attached hydrogen (secondary N) is 3. The number of hydrazone groups is 1. The van der Waals surface area contributed by atoms with E-state index in [1.165, 1.54) is 7.11 Å². The third-order valence-electron chi connectivity index (χ3n) is 7.31. The first-order valence-electron chi connectivity index (χ1n) is 15.8. The van der Waals surface area contributed by atoms with Crippen molar-refractivity contribution in [3.8, 4) is 23.0 Å². The Hall–Kier alpha value is -4.91. The van der Waals surface area contributed by atoms with E-state index in [-0.39, 0.29) is 18.8 Å². The molecule has 14 heteroatoms. The fourth-order valence-electron chi connectivity index (χ4n) is 5.10. The molecule has 1 aliphatic heterocycles. The summed E-state index contributed by atoms with van der Waals surface area (Å²) in [6.45, 7) is 9.92. The van der Waals surface area contributed by atoms with Gasteiger partial charge in [0.2, 0.25) is 0 Å². The SMILES string of the molecule is C=CCc1cc(/C=N\N[C@H](O)COc2ccc([C@@H]3NC(=O)NC(C)=C3C(=O)OC)cc2OCC)cc(OCC)c1OCc1ccc(Cl)cc1Cl. The summed E-state index contributed by atoms with van der Waals surface area (Å²) in [5.41, 5.74) is 6.16. The maximum atomic E-state index is 12.5. The Balaban J connectivity index is 1.45. The summed E-state index contributed by atoms with van der Waals surface area (Å²) in [4.78, 5) is 24.7. The summed E-state index contributed by atoms with van der Waals surface area (Å²) in [7, 11) is 1.27. The quantitative estimate of drug-likeness (QED) is 0.0418. The van der Waals surface area contributed by atoms with Crippen molar-refractivity contribution in [3.05, 3.63) is 105 Å². The van der Waals surface area contributed by atoms with Crippen LogP contribution in [0.1, 0.15) is 49.1 Å². The van der Waals surface area contributed by atoms with Gasteiger partial charge in [-0.3, -0.25) is 5.43 Å². The van der Waals surface area contributed by atoms with Crippen LogP contribution < -0.4 is 35.0 Å². The largest absolute Gasteiger partial charge is 0.490 e. The highest BCUT2D eigenvalue weighted by molar-refractivity contribution is 6.35. The molecule has 0 aliphatic carbocycles. The zero-order chi connectivity index (χ0) is 36.2. The lowest BCUT2D eigenvalue weighted by Crippen LogP contribution is -2.45. The van der Waals surface area contributed by atoms with E-state index in [2.05, 4.69) is 27.7 Å². The molecule has 3 aromatic rings. The monoisotopic (exact) mass is 726 g/mol. The van der Waals surface area contributed by atoms with Gasteiger partial charge in [-0.15, -0.1) is 6.58 Å². The fourth-order valence-corrected chi connectivity index (χ4v) is 5.56. The fraction of sp³-hybridized carbons (Fsp3) is 0.306. The molecule has 0 aromatic heterocycles. The molecular formula is C36H40Cl2N4O8. The van der Waals surface area contributed by atoms with Crippen LogP contribution in [0.15, 0.2) is 77.6 Å². The smallest absolute Gasteiger partial charge is 0.337 e.